The number of nitrogens with two attached hydrogens (primary N) is 1. The third-order valence-corrected chi connectivity index (χ3v) is 2.56. The number of carbonyl (C=O) groups is 1. The zero-order valence-electron chi connectivity index (χ0n) is 9.43. The summed E-state index contributed by atoms with van der Waals surface area (Å²) in [7, 11) is 0. The Kier molecular flexibility index (Phi) is 2.87. The van der Waals surface area contributed by atoms with Crippen LogP contribution in [0.25, 0.3) is 10.8 Å². The summed E-state index contributed by atoms with van der Waals surface area (Å²) in [5.41, 5.74) is 6.10. The zero-order chi connectivity index (χ0) is 12.4. The van der Waals surface area contributed by atoms with Gasteiger partial charge in [-0.05, 0) is 18.4 Å². The number of hydrogen-bond donors (Lipinski definition) is 2. The molecule has 0 fully saturated rings. The van der Waals surface area contributed by atoms with Crippen molar-refractivity contribution < 1.29 is 14.6 Å². The van der Waals surface area contributed by atoms with E-state index in [2.05, 4.69) is 0 Å². The van der Waals surface area contributed by atoms with Crippen molar-refractivity contribution in [2.45, 2.75) is 6.92 Å². The van der Waals surface area contributed by atoms with Crippen molar-refractivity contribution in [1.29, 1.82) is 0 Å². The van der Waals surface area contributed by atoms with Gasteiger partial charge in [0.25, 0.3) is 0 Å². The molecule has 2 aromatic carbocycles. The van der Waals surface area contributed by atoms with Crippen molar-refractivity contribution in [2.24, 2.45) is 0 Å². The van der Waals surface area contributed by atoms with Crippen LogP contribution >= 0.6 is 0 Å². The van der Waals surface area contributed by atoms with Gasteiger partial charge in [0.05, 0.1) is 12.3 Å². The molecule has 0 saturated heterocycles. The number of ether oxygens (including phenoxy) is 1. The van der Waals surface area contributed by atoms with E-state index < -0.39 is 5.97 Å². The number of phenolic OH excluding ortho intramolecular Hbond substituents is 1. The second kappa shape index (κ2) is 4.33. The van der Waals surface area contributed by atoms with Crippen LogP contribution in [-0.4, -0.2) is 17.7 Å². The molecule has 4 nitrogen and oxygen atoms in total. The van der Waals surface area contributed by atoms with Gasteiger partial charge in [0.1, 0.15) is 5.56 Å². The van der Waals surface area contributed by atoms with E-state index >= 15 is 0 Å². The monoisotopic (exact) mass is 231 g/mol. The molecule has 0 unspecified atom stereocenters. The Morgan fingerprint density at radius 2 is 2.12 bits per heavy atom. The summed E-state index contributed by atoms with van der Waals surface area (Å²) in [5, 5.41) is 11.4. The van der Waals surface area contributed by atoms with E-state index in [1.54, 1.807) is 19.1 Å². The van der Waals surface area contributed by atoms with Crippen molar-refractivity contribution >= 4 is 22.4 Å². The van der Waals surface area contributed by atoms with Gasteiger partial charge in [0, 0.05) is 5.39 Å². The summed E-state index contributed by atoms with van der Waals surface area (Å²) < 4.78 is 4.86. The maximum absolute atomic E-state index is 11.6. The van der Waals surface area contributed by atoms with Crippen LogP contribution in [0.1, 0.15) is 17.3 Å². The molecule has 0 aliphatic heterocycles. The lowest BCUT2D eigenvalue weighted by Gasteiger charge is -2.09. The molecule has 0 amide bonds. The number of anilines is 1. The molecule has 0 aliphatic carbocycles. The minimum Gasteiger partial charge on any atom is -0.505 e. The van der Waals surface area contributed by atoms with Gasteiger partial charge in [0.15, 0.2) is 5.75 Å². The SMILES string of the molecule is CCOC(=O)c1cc2ccccc2c(N)c1O. The highest BCUT2D eigenvalue weighted by molar-refractivity contribution is 6.05. The standard InChI is InChI=1S/C13H13NO3/c1-2-17-13(16)10-7-8-5-3-4-6-9(8)11(14)12(10)15/h3-7,15H,2,14H2,1H3. The fourth-order valence-electron chi connectivity index (χ4n) is 1.73. The van der Waals surface area contributed by atoms with E-state index in [-0.39, 0.29) is 23.6 Å². The summed E-state index contributed by atoms with van der Waals surface area (Å²) in [5.74, 6) is -0.787. The Labute approximate surface area is 98.6 Å². The van der Waals surface area contributed by atoms with Gasteiger partial charge < -0.3 is 15.6 Å². The van der Waals surface area contributed by atoms with Crippen molar-refractivity contribution in [3.63, 3.8) is 0 Å². The molecule has 2 rings (SSSR count). The predicted octanol–water partition coefficient (Wildman–Crippen LogP) is 2.30. The lowest BCUT2D eigenvalue weighted by Crippen LogP contribution is -2.06. The van der Waals surface area contributed by atoms with Crippen molar-refractivity contribution in [1.82, 2.24) is 0 Å². The van der Waals surface area contributed by atoms with E-state index in [4.69, 9.17) is 10.5 Å². The average molecular weight is 231 g/mol. The smallest absolute Gasteiger partial charge is 0.342 e. The fourth-order valence-corrected chi connectivity index (χ4v) is 1.73. The summed E-state index contributed by atoms with van der Waals surface area (Å²) >= 11 is 0. The number of esters is 1. The Hall–Kier alpha value is -2.23. The Morgan fingerprint density at radius 3 is 2.82 bits per heavy atom. The van der Waals surface area contributed by atoms with E-state index in [1.165, 1.54) is 0 Å². The minimum atomic E-state index is -0.567. The first-order valence-electron chi connectivity index (χ1n) is 5.32. The maximum Gasteiger partial charge on any atom is 0.342 e. The molecule has 88 valence electrons. The summed E-state index contributed by atoms with van der Waals surface area (Å²) in [6, 6.07) is 8.86. The second-order valence-electron chi connectivity index (χ2n) is 3.63. The Bertz CT molecular complexity index is 578. The molecule has 2 aromatic rings. The Balaban J connectivity index is 2.65. The third-order valence-electron chi connectivity index (χ3n) is 2.56. The average Bonchev–Trinajstić information content (AvgIpc) is 2.34. The quantitative estimate of drug-likeness (QED) is 0.472. The van der Waals surface area contributed by atoms with E-state index in [1.807, 2.05) is 18.2 Å². The van der Waals surface area contributed by atoms with Crippen LogP contribution < -0.4 is 5.73 Å². The molecule has 0 spiro atoms. The largest absolute Gasteiger partial charge is 0.505 e. The van der Waals surface area contributed by atoms with Crippen LogP contribution in [-0.2, 0) is 4.74 Å². The molecular weight excluding hydrogens is 218 g/mol. The number of carbonyl (C=O) groups excluding carboxylic acids is 1. The molecule has 0 heterocycles. The molecule has 0 radical (unpaired) electrons. The van der Waals surface area contributed by atoms with Crippen LogP contribution in [0.3, 0.4) is 0 Å². The van der Waals surface area contributed by atoms with Crippen LogP contribution in [0.5, 0.6) is 5.75 Å². The molecular formula is C13H13NO3. The fraction of sp³-hybridized carbons (Fsp3) is 0.154. The van der Waals surface area contributed by atoms with E-state index in [9.17, 15) is 9.90 Å². The highest BCUT2D eigenvalue weighted by atomic mass is 16.5. The van der Waals surface area contributed by atoms with Gasteiger partial charge in [-0.25, -0.2) is 4.79 Å². The molecule has 0 aromatic heterocycles. The highest BCUT2D eigenvalue weighted by Gasteiger charge is 2.16. The first kappa shape index (κ1) is 11.3. The number of hydrogen-bond acceptors (Lipinski definition) is 4. The molecule has 0 bridgehead atoms. The summed E-state index contributed by atoms with van der Waals surface area (Å²) in [6.07, 6.45) is 0. The van der Waals surface area contributed by atoms with E-state index in [0.717, 1.165) is 10.8 Å². The van der Waals surface area contributed by atoms with Crippen molar-refractivity contribution in [3.05, 3.63) is 35.9 Å². The summed E-state index contributed by atoms with van der Waals surface area (Å²) in [4.78, 5) is 11.6. The van der Waals surface area contributed by atoms with Crippen LogP contribution in [0.2, 0.25) is 0 Å². The van der Waals surface area contributed by atoms with Crippen molar-refractivity contribution in [3.8, 4) is 5.75 Å². The molecule has 17 heavy (non-hydrogen) atoms. The van der Waals surface area contributed by atoms with Gasteiger partial charge in [-0.3, -0.25) is 0 Å². The number of aromatic hydroxyl groups is 1. The van der Waals surface area contributed by atoms with E-state index in [0.29, 0.717) is 0 Å². The zero-order valence-corrected chi connectivity index (χ0v) is 9.43. The van der Waals surface area contributed by atoms with Gasteiger partial charge >= 0.3 is 5.97 Å². The first-order valence-corrected chi connectivity index (χ1v) is 5.32. The number of fused-ring (bicyclic) bond motifs is 1. The number of phenols is 1. The van der Waals surface area contributed by atoms with Gasteiger partial charge in [0.2, 0.25) is 0 Å². The molecule has 4 heteroatoms. The minimum absolute atomic E-state index is 0.100. The third kappa shape index (κ3) is 1.89. The topological polar surface area (TPSA) is 72.5 Å². The molecule has 3 N–H and O–H groups in total. The van der Waals surface area contributed by atoms with Gasteiger partial charge in [-0.2, -0.15) is 0 Å². The Morgan fingerprint density at radius 1 is 1.41 bits per heavy atom. The molecule has 0 aliphatic rings. The van der Waals surface area contributed by atoms with Gasteiger partial charge in [-0.15, -0.1) is 0 Å². The normalized spacial score (nSPS) is 10.4. The lowest BCUT2D eigenvalue weighted by atomic mass is 10.0. The first-order chi connectivity index (χ1) is 8.15. The van der Waals surface area contributed by atoms with Crippen LogP contribution in [0, 0.1) is 0 Å². The maximum atomic E-state index is 11.6. The summed E-state index contributed by atoms with van der Waals surface area (Å²) in [6.45, 7) is 1.96. The van der Waals surface area contributed by atoms with Gasteiger partial charge in [-0.1, -0.05) is 24.3 Å². The van der Waals surface area contributed by atoms with Crippen LogP contribution in [0.4, 0.5) is 5.69 Å². The van der Waals surface area contributed by atoms with Crippen LogP contribution in [0.15, 0.2) is 30.3 Å². The number of rotatable bonds is 2. The second-order valence-corrected chi connectivity index (χ2v) is 3.63. The number of nitrogen functional groups attached to an aromatic ring is 1. The highest BCUT2D eigenvalue weighted by Crippen LogP contribution is 2.33. The lowest BCUT2D eigenvalue weighted by molar-refractivity contribution is 0.0523. The molecule has 0 atom stereocenters. The van der Waals surface area contributed by atoms with Crippen molar-refractivity contribution in [2.75, 3.05) is 12.3 Å². The number of benzene rings is 2. The molecule has 0 saturated carbocycles. The predicted molar refractivity (Wildman–Crippen MR) is 66.0 cm³/mol.